The van der Waals surface area contributed by atoms with Crippen LogP contribution >= 0.6 is 0 Å². The second-order valence-electron chi connectivity index (χ2n) is 3.99. The molecule has 0 spiro atoms. The number of nitrogens with zero attached hydrogens (tertiary/aromatic N) is 2. The molecular weight excluding hydrogens is 218 g/mol. The molecule has 1 aromatic rings. The minimum Gasteiger partial charge on any atom is -0.478 e. The highest BCUT2D eigenvalue weighted by molar-refractivity contribution is 5.95. The maximum absolute atomic E-state index is 10.8. The van der Waals surface area contributed by atoms with Gasteiger partial charge in [0.15, 0.2) is 5.96 Å². The van der Waals surface area contributed by atoms with Gasteiger partial charge in [0.25, 0.3) is 0 Å². The molecule has 1 heterocycles. The number of carboxylic acid groups (broad SMARTS) is 1. The number of guanidine groups is 1. The number of aliphatic imine (C=N–C) groups is 1. The fourth-order valence-electron chi connectivity index (χ4n) is 1.71. The molecule has 0 unspecified atom stereocenters. The molecule has 90 valence electrons. The summed E-state index contributed by atoms with van der Waals surface area (Å²) in [6.07, 6.45) is 1.05. The zero-order valence-electron chi connectivity index (χ0n) is 9.68. The van der Waals surface area contributed by atoms with Gasteiger partial charge in [0.1, 0.15) is 0 Å². The van der Waals surface area contributed by atoms with Crippen LogP contribution in [0.1, 0.15) is 16.8 Å². The van der Waals surface area contributed by atoms with Crippen LogP contribution in [0.15, 0.2) is 29.3 Å². The smallest absolute Gasteiger partial charge is 0.335 e. The first kappa shape index (κ1) is 11.4. The second kappa shape index (κ2) is 4.86. The van der Waals surface area contributed by atoms with Gasteiger partial charge in [0.2, 0.25) is 0 Å². The predicted molar refractivity (Wildman–Crippen MR) is 66.6 cm³/mol. The first-order valence-electron chi connectivity index (χ1n) is 5.53. The lowest BCUT2D eigenvalue weighted by Gasteiger charge is -2.25. The molecule has 1 aliphatic heterocycles. The van der Waals surface area contributed by atoms with Crippen molar-refractivity contribution in [2.24, 2.45) is 4.99 Å². The average Bonchev–Trinajstić information content (AvgIpc) is 2.32. The Morgan fingerprint density at radius 2 is 2.35 bits per heavy atom. The summed E-state index contributed by atoms with van der Waals surface area (Å²) in [7, 11) is 1.96. The van der Waals surface area contributed by atoms with Crippen LogP contribution in [-0.4, -0.2) is 42.1 Å². The van der Waals surface area contributed by atoms with E-state index in [9.17, 15) is 4.79 Å². The zero-order valence-corrected chi connectivity index (χ0v) is 9.68. The summed E-state index contributed by atoms with van der Waals surface area (Å²) in [5.41, 5.74) is 1.02. The van der Waals surface area contributed by atoms with Crippen LogP contribution in [-0.2, 0) is 0 Å². The van der Waals surface area contributed by atoms with Crippen LogP contribution in [0.25, 0.3) is 0 Å². The summed E-state index contributed by atoms with van der Waals surface area (Å²) in [6.45, 7) is 1.77. The number of aromatic carboxylic acids is 1. The molecule has 0 saturated heterocycles. The number of benzene rings is 1. The molecule has 0 aliphatic carbocycles. The minimum atomic E-state index is -0.924. The Bertz CT molecular complexity index is 457. The lowest BCUT2D eigenvalue weighted by atomic mass is 10.2. The van der Waals surface area contributed by atoms with Gasteiger partial charge in [-0.2, -0.15) is 0 Å². The van der Waals surface area contributed by atoms with E-state index in [1.807, 2.05) is 18.0 Å². The number of rotatable bonds is 2. The van der Waals surface area contributed by atoms with Crippen LogP contribution in [0.5, 0.6) is 0 Å². The Hall–Kier alpha value is -2.04. The molecule has 1 aromatic carbocycles. The van der Waals surface area contributed by atoms with E-state index in [1.54, 1.807) is 18.2 Å². The molecule has 0 atom stereocenters. The first-order valence-corrected chi connectivity index (χ1v) is 5.53. The number of carboxylic acids is 1. The Labute approximate surface area is 99.8 Å². The summed E-state index contributed by atoms with van der Waals surface area (Å²) < 4.78 is 0. The number of hydrogen-bond acceptors (Lipinski definition) is 4. The third kappa shape index (κ3) is 2.75. The number of hydrogen-bond donors (Lipinski definition) is 2. The normalized spacial score (nSPS) is 15.4. The SMILES string of the molecule is CN1CCCN=C1Nc1cccc(C(=O)O)c1. The monoisotopic (exact) mass is 233 g/mol. The molecule has 0 saturated carbocycles. The summed E-state index contributed by atoms with van der Waals surface area (Å²) in [5.74, 6) is -0.133. The van der Waals surface area contributed by atoms with E-state index in [0.29, 0.717) is 0 Å². The van der Waals surface area contributed by atoms with E-state index in [-0.39, 0.29) is 5.56 Å². The van der Waals surface area contributed by atoms with Crippen molar-refractivity contribution in [1.29, 1.82) is 0 Å². The molecule has 0 bridgehead atoms. The van der Waals surface area contributed by atoms with Gasteiger partial charge in [-0.15, -0.1) is 0 Å². The van der Waals surface area contributed by atoms with E-state index >= 15 is 0 Å². The molecule has 5 heteroatoms. The van der Waals surface area contributed by atoms with Crippen molar-refractivity contribution in [3.05, 3.63) is 29.8 Å². The van der Waals surface area contributed by atoms with Gasteiger partial charge in [0.05, 0.1) is 5.56 Å². The second-order valence-corrected chi connectivity index (χ2v) is 3.99. The maximum atomic E-state index is 10.8. The number of carbonyl (C=O) groups is 1. The molecule has 5 nitrogen and oxygen atoms in total. The molecule has 1 aliphatic rings. The highest BCUT2D eigenvalue weighted by atomic mass is 16.4. The van der Waals surface area contributed by atoms with Crippen molar-refractivity contribution in [2.45, 2.75) is 6.42 Å². The molecule has 17 heavy (non-hydrogen) atoms. The van der Waals surface area contributed by atoms with Crippen LogP contribution in [0.3, 0.4) is 0 Å². The molecule has 0 radical (unpaired) electrons. The van der Waals surface area contributed by atoms with Crippen molar-refractivity contribution in [1.82, 2.24) is 4.90 Å². The zero-order chi connectivity index (χ0) is 12.3. The Kier molecular flexibility index (Phi) is 3.27. The standard InChI is InChI=1S/C12H15N3O2/c1-15-7-3-6-13-12(15)14-10-5-2-4-9(8-10)11(16)17/h2,4-5,8H,3,6-7H2,1H3,(H,13,14)(H,16,17). The van der Waals surface area contributed by atoms with Gasteiger partial charge < -0.3 is 15.3 Å². The largest absolute Gasteiger partial charge is 0.478 e. The number of anilines is 1. The molecule has 2 rings (SSSR count). The third-order valence-electron chi connectivity index (χ3n) is 2.64. The van der Waals surface area contributed by atoms with E-state index in [4.69, 9.17) is 5.11 Å². The summed E-state index contributed by atoms with van der Waals surface area (Å²) in [6, 6.07) is 6.72. The highest BCUT2D eigenvalue weighted by Crippen LogP contribution is 2.12. The van der Waals surface area contributed by atoms with Gasteiger partial charge in [-0.25, -0.2) is 4.79 Å². The topological polar surface area (TPSA) is 64.9 Å². The molecule has 0 fully saturated rings. The van der Waals surface area contributed by atoms with Crippen LogP contribution in [0.4, 0.5) is 5.69 Å². The Balaban J connectivity index is 2.15. The Morgan fingerprint density at radius 1 is 1.53 bits per heavy atom. The Morgan fingerprint density at radius 3 is 3.06 bits per heavy atom. The first-order chi connectivity index (χ1) is 8.16. The van der Waals surface area contributed by atoms with Gasteiger partial charge in [0, 0.05) is 25.8 Å². The third-order valence-corrected chi connectivity index (χ3v) is 2.64. The predicted octanol–water partition coefficient (Wildman–Crippen LogP) is 1.49. The summed E-state index contributed by atoms with van der Waals surface area (Å²) >= 11 is 0. The van der Waals surface area contributed by atoms with E-state index in [1.165, 1.54) is 0 Å². The fourth-order valence-corrected chi connectivity index (χ4v) is 1.71. The van der Waals surface area contributed by atoms with Crippen molar-refractivity contribution >= 4 is 17.6 Å². The van der Waals surface area contributed by atoms with Crippen LogP contribution < -0.4 is 5.32 Å². The van der Waals surface area contributed by atoms with Gasteiger partial charge >= 0.3 is 5.97 Å². The van der Waals surface area contributed by atoms with Crippen molar-refractivity contribution in [3.63, 3.8) is 0 Å². The molecule has 0 amide bonds. The molecule has 0 aromatic heterocycles. The summed E-state index contributed by atoms with van der Waals surface area (Å²) in [4.78, 5) is 17.2. The molecule has 2 N–H and O–H groups in total. The van der Waals surface area contributed by atoms with E-state index in [0.717, 1.165) is 31.2 Å². The van der Waals surface area contributed by atoms with Gasteiger partial charge in [-0.1, -0.05) is 6.07 Å². The average molecular weight is 233 g/mol. The lowest BCUT2D eigenvalue weighted by Crippen LogP contribution is -2.37. The number of nitrogens with one attached hydrogen (secondary N) is 1. The van der Waals surface area contributed by atoms with E-state index < -0.39 is 5.97 Å². The van der Waals surface area contributed by atoms with Gasteiger partial charge in [-0.05, 0) is 24.6 Å². The van der Waals surface area contributed by atoms with Crippen molar-refractivity contribution < 1.29 is 9.90 Å². The van der Waals surface area contributed by atoms with Crippen molar-refractivity contribution in [2.75, 3.05) is 25.5 Å². The van der Waals surface area contributed by atoms with Crippen LogP contribution in [0, 0.1) is 0 Å². The maximum Gasteiger partial charge on any atom is 0.335 e. The quantitative estimate of drug-likeness (QED) is 0.812. The van der Waals surface area contributed by atoms with Gasteiger partial charge in [-0.3, -0.25) is 4.99 Å². The lowest BCUT2D eigenvalue weighted by molar-refractivity contribution is 0.0697. The fraction of sp³-hybridized carbons (Fsp3) is 0.333. The minimum absolute atomic E-state index is 0.272. The van der Waals surface area contributed by atoms with Crippen LogP contribution in [0.2, 0.25) is 0 Å². The summed E-state index contributed by atoms with van der Waals surface area (Å²) in [5, 5.41) is 12.0. The highest BCUT2D eigenvalue weighted by Gasteiger charge is 2.11. The van der Waals surface area contributed by atoms with E-state index in [2.05, 4.69) is 10.3 Å². The molecular formula is C12H15N3O2. The van der Waals surface area contributed by atoms with Crippen molar-refractivity contribution in [3.8, 4) is 0 Å².